The summed E-state index contributed by atoms with van der Waals surface area (Å²) in [7, 11) is 1.23. The second-order valence-electron chi connectivity index (χ2n) is 7.34. The highest BCUT2D eigenvalue weighted by Gasteiger charge is 2.81. The predicted molar refractivity (Wildman–Crippen MR) is 79.8 cm³/mol. The van der Waals surface area contributed by atoms with Gasteiger partial charge in [-0.15, -0.1) is 0 Å². The fraction of sp³-hybridized carbons (Fsp3) is 0.667. The van der Waals surface area contributed by atoms with E-state index in [0.29, 0.717) is 0 Å². The number of urea groups is 2. The van der Waals surface area contributed by atoms with Crippen molar-refractivity contribution in [3.05, 3.63) is 0 Å². The molecule has 3 aliphatic heterocycles. The first kappa shape index (κ1) is 15.9. The van der Waals surface area contributed by atoms with E-state index in [1.54, 1.807) is 13.8 Å². The average Bonchev–Trinajstić information content (AvgIpc) is 2.75. The molecule has 4 fully saturated rings. The van der Waals surface area contributed by atoms with Crippen LogP contribution in [0.15, 0.2) is 0 Å². The standard InChI is InChI=1S/C15H18N4O6/c1-14-7-8-15(14,2)11(22)17-13(24)19(8)5-6(9(20)25-3)4-18(7)12(23)16-10(14)21/h6-8H,4-5H2,1-3H3,(H,16,21,23)(H,17,22,24). The molecule has 3 heterocycles. The molecule has 2 N–H and O–H groups in total. The predicted octanol–water partition coefficient (Wildman–Crippen LogP) is -1.34. The van der Waals surface area contributed by atoms with Gasteiger partial charge in [0.1, 0.15) is 0 Å². The first-order valence-corrected chi connectivity index (χ1v) is 7.99. The van der Waals surface area contributed by atoms with E-state index in [9.17, 15) is 24.0 Å². The molecule has 0 aromatic heterocycles. The molecule has 0 spiro atoms. The average molecular weight is 350 g/mol. The fourth-order valence-electron chi connectivity index (χ4n) is 4.95. The van der Waals surface area contributed by atoms with Crippen molar-refractivity contribution in [2.24, 2.45) is 16.7 Å². The zero-order valence-electron chi connectivity index (χ0n) is 14.0. The van der Waals surface area contributed by atoms with Gasteiger partial charge in [0.05, 0.1) is 35.9 Å². The maximum absolute atomic E-state index is 12.6. The molecular weight excluding hydrogens is 332 g/mol. The van der Waals surface area contributed by atoms with Gasteiger partial charge in [0.25, 0.3) is 0 Å². The lowest BCUT2D eigenvalue weighted by Crippen LogP contribution is -2.90. The maximum atomic E-state index is 12.6. The van der Waals surface area contributed by atoms with Crippen LogP contribution in [0.25, 0.3) is 0 Å². The number of ether oxygens (including phenoxy) is 1. The van der Waals surface area contributed by atoms with E-state index >= 15 is 0 Å². The normalized spacial score (nSPS) is 42.0. The van der Waals surface area contributed by atoms with Crippen molar-refractivity contribution < 1.29 is 28.7 Å². The summed E-state index contributed by atoms with van der Waals surface area (Å²) in [5.41, 5.74) is -2.39. The van der Waals surface area contributed by atoms with E-state index < -0.39 is 58.7 Å². The molecule has 4 aliphatic rings. The number of hydrogen-bond acceptors (Lipinski definition) is 6. The third-order valence-corrected chi connectivity index (χ3v) is 6.51. The molecule has 3 saturated heterocycles. The summed E-state index contributed by atoms with van der Waals surface area (Å²) in [5, 5.41) is 4.57. The van der Waals surface area contributed by atoms with Crippen LogP contribution in [0.4, 0.5) is 9.59 Å². The molecule has 25 heavy (non-hydrogen) atoms. The number of methoxy groups -OCH3 is 1. The highest BCUT2D eigenvalue weighted by Crippen LogP contribution is 2.63. The minimum absolute atomic E-state index is 0.0105. The molecule has 10 heteroatoms. The number of imide groups is 2. The molecule has 4 rings (SSSR count). The molecule has 1 saturated carbocycles. The minimum atomic E-state index is -1.19. The van der Waals surface area contributed by atoms with Gasteiger partial charge in [0.15, 0.2) is 0 Å². The van der Waals surface area contributed by atoms with Crippen molar-refractivity contribution in [2.75, 3.05) is 20.2 Å². The Morgan fingerprint density at radius 1 is 0.960 bits per heavy atom. The smallest absolute Gasteiger partial charge is 0.324 e. The summed E-state index contributed by atoms with van der Waals surface area (Å²) >= 11 is 0. The van der Waals surface area contributed by atoms with Crippen molar-refractivity contribution in [3.63, 3.8) is 0 Å². The quantitative estimate of drug-likeness (QED) is 0.564. The number of nitrogens with zero attached hydrogens (tertiary/aromatic N) is 2. The maximum Gasteiger partial charge on any atom is 0.324 e. The lowest BCUT2D eigenvalue weighted by molar-refractivity contribution is -0.209. The largest absolute Gasteiger partial charge is 0.469 e. The van der Waals surface area contributed by atoms with Gasteiger partial charge in [0, 0.05) is 13.1 Å². The molecule has 0 bridgehead atoms. The van der Waals surface area contributed by atoms with Crippen LogP contribution in [0.1, 0.15) is 13.8 Å². The first-order valence-electron chi connectivity index (χ1n) is 7.99. The number of nitrogens with one attached hydrogen (secondary N) is 2. The lowest BCUT2D eigenvalue weighted by atomic mass is 9.42. The molecule has 0 aromatic rings. The second-order valence-corrected chi connectivity index (χ2v) is 7.34. The SMILES string of the molecule is COC(=O)C1CN2C(=O)NC(=O)C3(C)C2C2N(C1)C(=O)NC(=O)C23C. The van der Waals surface area contributed by atoms with Gasteiger partial charge in [-0.3, -0.25) is 25.0 Å². The number of fused-ring (bicyclic) bond motifs is 1. The summed E-state index contributed by atoms with van der Waals surface area (Å²) in [6, 6.07) is -2.57. The van der Waals surface area contributed by atoms with Crippen LogP contribution in [0.3, 0.4) is 0 Å². The van der Waals surface area contributed by atoms with Gasteiger partial charge >= 0.3 is 18.0 Å². The molecule has 4 unspecified atom stereocenters. The Bertz CT molecular complexity index is 698. The van der Waals surface area contributed by atoms with E-state index in [1.807, 2.05) is 0 Å². The molecule has 0 radical (unpaired) electrons. The number of amides is 6. The Balaban J connectivity index is 1.88. The lowest BCUT2D eigenvalue weighted by Gasteiger charge is -2.70. The summed E-state index contributed by atoms with van der Waals surface area (Å²) in [5.74, 6) is -2.40. The van der Waals surface area contributed by atoms with E-state index in [1.165, 1.54) is 16.9 Å². The highest BCUT2D eigenvalue weighted by atomic mass is 16.5. The number of esters is 1. The second kappa shape index (κ2) is 4.50. The molecule has 6 amide bonds. The van der Waals surface area contributed by atoms with E-state index in [4.69, 9.17) is 4.74 Å². The fourth-order valence-corrected chi connectivity index (χ4v) is 4.95. The van der Waals surface area contributed by atoms with Crippen LogP contribution in [0.2, 0.25) is 0 Å². The number of rotatable bonds is 1. The highest BCUT2D eigenvalue weighted by molar-refractivity contribution is 6.11. The number of carbonyl (C=O) groups excluding carboxylic acids is 5. The van der Waals surface area contributed by atoms with E-state index in [-0.39, 0.29) is 13.1 Å². The molecule has 10 nitrogen and oxygen atoms in total. The Morgan fingerprint density at radius 3 is 1.72 bits per heavy atom. The zero-order chi connectivity index (χ0) is 18.3. The number of carbonyl (C=O) groups is 5. The Kier molecular flexibility index (Phi) is 2.85. The van der Waals surface area contributed by atoms with Crippen LogP contribution in [-0.2, 0) is 19.1 Å². The van der Waals surface area contributed by atoms with Crippen LogP contribution < -0.4 is 10.6 Å². The summed E-state index contributed by atoms with van der Waals surface area (Å²) in [4.78, 5) is 64.9. The molecule has 1 aliphatic carbocycles. The van der Waals surface area contributed by atoms with Gasteiger partial charge in [-0.25, -0.2) is 9.59 Å². The minimum Gasteiger partial charge on any atom is -0.469 e. The van der Waals surface area contributed by atoms with Crippen molar-refractivity contribution in [1.29, 1.82) is 0 Å². The van der Waals surface area contributed by atoms with Gasteiger partial charge < -0.3 is 14.5 Å². The van der Waals surface area contributed by atoms with Crippen LogP contribution >= 0.6 is 0 Å². The van der Waals surface area contributed by atoms with E-state index in [2.05, 4.69) is 10.6 Å². The van der Waals surface area contributed by atoms with Gasteiger partial charge in [0.2, 0.25) is 11.8 Å². The summed E-state index contributed by atoms with van der Waals surface area (Å²) in [6.07, 6.45) is 0. The van der Waals surface area contributed by atoms with Crippen molar-refractivity contribution >= 4 is 29.8 Å². The van der Waals surface area contributed by atoms with Crippen LogP contribution in [0, 0.1) is 16.7 Å². The third kappa shape index (κ3) is 1.53. The molecule has 0 aromatic carbocycles. The number of hydrogen-bond donors (Lipinski definition) is 2. The molecular formula is C15H18N4O6. The Labute approximate surface area is 142 Å². The van der Waals surface area contributed by atoms with Crippen molar-refractivity contribution in [2.45, 2.75) is 25.9 Å². The molecule has 4 atom stereocenters. The first-order chi connectivity index (χ1) is 11.7. The monoisotopic (exact) mass is 350 g/mol. The topological polar surface area (TPSA) is 125 Å². The van der Waals surface area contributed by atoms with Crippen molar-refractivity contribution in [3.8, 4) is 0 Å². The summed E-state index contributed by atoms with van der Waals surface area (Å²) in [6.45, 7) is 3.26. The zero-order valence-corrected chi connectivity index (χ0v) is 14.0. The van der Waals surface area contributed by atoms with Crippen LogP contribution in [-0.4, -0.2) is 71.9 Å². The van der Waals surface area contributed by atoms with Crippen molar-refractivity contribution in [1.82, 2.24) is 20.4 Å². The van der Waals surface area contributed by atoms with Gasteiger partial charge in [-0.05, 0) is 13.8 Å². The summed E-state index contributed by atoms with van der Waals surface area (Å²) < 4.78 is 4.78. The molecule has 134 valence electrons. The third-order valence-electron chi connectivity index (χ3n) is 6.51. The van der Waals surface area contributed by atoms with Gasteiger partial charge in [-0.1, -0.05) is 0 Å². The van der Waals surface area contributed by atoms with Crippen LogP contribution in [0.5, 0.6) is 0 Å². The van der Waals surface area contributed by atoms with Gasteiger partial charge in [-0.2, -0.15) is 0 Å². The Hall–Kier alpha value is -2.65. The Morgan fingerprint density at radius 2 is 1.36 bits per heavy atom. The van der Waals surface area contributed by atoms with E-state index in [0.717, 1.165) is 0 Å².